The molecule has 1 fully saturated rings. The molecule has 2 N–H and O–H groups in total. The highest BCUT2D eigenvalue weighted by molar-refractivity contribution is 5.06. The summed E-state index contributed by atoms with van der Waals surface area (Å²) in [7, 11) is 0. The maximum atomic E-state index is 5.77. The summed E-state index contributed by atoms with van der Waals surface area (Å²) in [5.74, 6) is 1.30. The van der Waals surface area contributed by atoms with Gasteiger partial charge in [0.2, 0.25) is 0 Å². The molecule has 90 valence electrons. The maximum Gasteiger partial charge on any atom is 0.198 e. The van der Waals surface area contributed by atoms with Gasteiger partial charge in [-0.05, 0) is 33.7 Å². The first-order valence-electron chi connectivity index (χ1n) is 6.03. The molecule has 1 aromatic heterocycles. The highest BCUT2D eigenvalue weighted by atomic mass is 16.3. The molecule has 4 heteroatoms. The van der Waals surface area contributed by atoms with E-state index in [4.69, 9.17) is 10.2 Å². The molecule has 2 heterocycles. The van der Waals surface area contributed by atoms with Crippen LogP contribution in [0.3, 0.4) is 0 Å². The van der Waals surface area contributed by atoms with Crippen molar-refractivity contribution in [1.82, 2.24) is 9.88 Å². The zero-order valence-corrected chi connectivity index (χ0v) is 10.3. The minimum Gasteiger partial charge on any atom is -0.448 e. The fraction of sp³-hybridized carbons (Fsp3) is 0.750. The first kappa shape index (κ1) is 11.6. The molecular formula is C12H21N3O. The van der Waals surface area contributed by atoms with Crippen LogP contribution in [0.2, 0.25) is 0 Å². The van der Waals surface area contributed by atoms with E-state index >= 15 is 0 Å². The van der Waals surface area contributed by atoms with Gasteiger partial charge >= 0.3 is 0 Å². The van der Waals surface area contributed by atoms with Gasteiger partial charge in [0.15, 0.2) is 5.89 Å². The lowest BCUT2D eigenvalue weighted by atomic mass is 10.1. The predicted octanol–water partition coefficient (Wildman–Crippen LogP) is 1.89. The second kappa shape index (κ2) is 4.55. The summed E-state index contributed by atoms with van der Waals surface area (Å²) in [6.07, 6.45) is 2.83. The smallest absolute Gasteiger partial charge is 0.198 e. The van der Waals surface area contributed by atoms with Gasteiger partial charge < -0.3 is 15.1 Å². The summed E-state index contributed by atoms with van der Waals surface area (Å²) in [5, 5.41) is 0. The third-order valence-corrected chi connectivity index (χ3v) is 3.31. The molecule has 0 bridgehead atoms. The fourth-order valence-electron chi connectivity index (χ4n) is 2.16. The SMILES string of the molecule is CC(N)c1coc(C2CCN(C(C)C)C2)n1. The summed E-state index contributed by atoms with van der Waals surface area (Å²) in [5.41, 5.74) is 6.63. The van der Waals surface area contributed by atoms with E-state index in [0.29, 0.717) is 12.0 Å². The molecule has 1 aliphatic rings. The summed E-state index contributed by atoms with van der Waals surface area (Å²) in [4.78, 5) is 6.93. The highest BCUT2D eigenvalue weighted by Gasteiger charge is 2.28. The second-order valence-corrected chi connectivity index (χ2v) is 4.97. The van der Waals surface area contributed by atoms with Crippen molar-refractivity contribution >= 4 is 0 Å². The van der Waals surface area contributed by atoms with Crippen LogP contribution in [-0.4, -0.2) is 29.0 Å². The maximum absolute atomic E-state index is 5.77. The Bertz CT molecular complexity index is 346. The molecule has 1 aromatic rings. The van der Waals surface area contributed by atoms with Gasteiger partial charge in [-0.15, -0.1) is 0 Å². The summed E-state index contributed by atoms with van der Waals surface area (Å²) in [6.45, 7) is 8.57. The minimum absolute atomic E-state index is 0.0416. The van der Waals surface area contributed by atoms with E-state index in [1.807, 2.05) is 6.92 Å². The number of aromatic nitrogens is 1. The Morgan fingerprint density at radius 1 is 1.50 bits per heavy atom. The highest BCUT2D eigenvalue weighted by Crippen LogP contribution is 2.28. The van der Waals surface area contributed by atoms with Crippen molar-refractivity contribution in [2.45, 2.75) is 45.2 Å². The molecular weight excluding hydrogens is 202 g/mol. The molecule has 1 saturated heterocycles. The van der Waals surface area contributed by atoms with Crippen molar-refractivity contribution in [3.63, 3.8) is 0 Å². The predicted molar refractivity (Wildman–Crippen MR) is 63.2 cm³/mol. The van der Waals surface area contributed by atoms with E-state index in [1.165, 1.54) is 0 Å². The van der Waals surface area contributed by atoms with Gasteiger partial charge in [-0.3, -0.25) is 0 Å². The van der Waals surface area contributed by atoms with E-state index in [1.54, 1.807) is 6.26 Å². The lowest BCUT2D eigenvalue weighted by Crippen LogP contribution is -2.27. The largest absolute Gasteiger partial charge is 0.448 e. The first-order chi connectivity index (χ1) is 7.58. The average molecular weight is 223 g/mol. The van der Waals surface area contributed by atoms with Gasteiger partial charge in [-0.2, -0.15) is 0 Å². The number of likely N-dealkylation sites (tertiary alicyclic amines) is 1. The van der Waals surface area contributed by atoms with Crippen LogP contribution in [0.4, 0.5) is 0 Å². The van der Waals surface area contributed by atoms with E-state index in [9.17, 15) is 0 Å². The van der Waals surface area contributed by atoms with Crippen molar-refractivity contribution in [3.05, 3.63) is 17.8 Å². The molecule has 0 saturated carbocycles. The van der Waals surface area contributed by atoms with Crippen molar-refractivity contribution in [2.24, 2.45) is 5.73 Å². The Kier molecular flexibility index (Phi) is 3.30. The molecule has 0 aromatic carbocycles. The molecule has 16 heavy (non-hydrogen) atoms. The van der Waals surface area contributed by atoms with Crippen LogP contribution in [0.15, 0.2) is 10.7 Å². The van der Waals surface area contributed by atoms with E-state index in [0.717, 1.165) is 31.1 Å². The molecule has 4 nitrogen and oxygen atoms in total. The Balaban J connectivity index is 2.03. The quantitative estimate of drug-likeness (QED) is 0.850. The molecule has 2 unspecified atom stereocenters. The topological polar surface area (TPSA) is 55.3 Å². The summed E-state index contributed by atoms with van der Waals surface area (Å²) < 4.78 is 5.52. The number of nitrogens with zero attached hydrogens (tertiary/aromatic N) is 2. The number of hydrogen-bond donors (Lipinski definition) is 1. The minimum atomic E-state index is -0.0416. The number of nitrogens with two attached hydrogens (primary N) is 1. The fourth-order valence-corrected chi connectivity index (χ4v) is 2.16. The standard InChI is InChI=1S/C12H21N3O/c1-8(2)15-5-4-10(6-15)12-14-11(7-16-12)9(3)13/h7-10H,4-6,13H2,1-3H3. The zero-order valence-electron chi connectivity index (χ0n) is 10.3. The molecule has 0 radical (unpaired) electrons. The van der Waals surface area contributed by atoms with Crippen LogP contribution in [-0.2, 0) is 0 Å². The van der Waals surface area contributed by atoms with Crippen LogP contribution >= 0.6 is 0 Å². The van der Waals surface area contributed by atoms with E-state index in [2.05, 4.69) is 23.7 Å². The molecule has 0 aliphatic carbocycles. The number of rotatable bonds is 3. The summed E-state index contributed by atoms with van der Waals surface area (Å²) >= 11 is 0. The van der Waals surface area contributed by atoms with Crippen LogP contribution < -0.4 is 5.73 Å². The Morgan fingerprint density at radius 2 is 2.25 bits per heavy atom. The monoisotopic (exact) mass is 223 g/mol. The van der Waals surface area contributed by atoms with Crippen LogP contribution in [0.25, 0.3) is 0 Å². The van der Waals surface area contributed by atoms with Gasteiger partial charge in [0, 0.05) is 24.5 Å². The van der Waals surface area contributed by atoms with Crippen molar-refractivity contribution in [2.75, 3.05) is 13.1 Å². The lowest BCUT2D eigenvalue weighted by molar-refractivity contribution is 0.268. The van der Waals surface area contributed by atoms with Gasteiger partial charge in [0.25, 0.3) is 0 Å². The number of oxazole rings is 1. The van der Waals surface area contributed by atoms with Gasteiger partial charge in [0.1, 0.15) is 6.26 Å². The Hall–Kier alpha value is -0.870. The second-order valence-electron chi connectivity index (χ2n) is 4.97. The van der Waals surface area contributed by atoms with Crippen LogP contribution in [0, 0.1) is 0 Å². The zero-order chi connectivity index (χ0) is 11.7. The lowest BCUT2D eigenvalue weighted by Gasteiger charge is -2.19. The van der Waals surface area contributed by atoms with Gasteiger partial charge in [-0.25, -0.2) is 4.98 Å². The normalized spacial score (nSPS) is 24.2. The average Bonchev–Trinajstić information content (AvgIpc) is 2.86. The number of hydrogen-bond acceptors (Lipinski definition) is 4. The van der Waals surface area contributed by atoms with Crippen molar-refractivity contribution < 1.29 is 4.42 Å². The van der Waals surface area contributed by atoms with Crippen LogP contribution in [0.1, 0.15) is 50.7 Å². The third-order valence-electron chi connectivity index (χ3n) is 3.31. The van der Waals surface area contributed by atoms with Crippen LogP contribution in [0.5, 0.6) is 0 Å². The molecule has 1 aliphatic heterocycles. The molecule has 2 atom stereocenters. The van der Waals surface area contributed by atoms with E-state index in [-0.39, 0.29) is 6.04 Å². The van der Waals surface area contributed by atoms with Gasteiger partial charge in [-0.1, -0.05) is 0 Å². The Morgan fingerprint density at radius 3 is 2.75 bits per heavy atom. The van der Waals surface area contributed by atoms with E-state index < -0.39 is 0 Å². The first-order valence-corrected chi connectivity index (χ1v) is 6.03. The van der Waals surface area contributed by atoms with Gasteiger partial charge in [0.05, 0.1) is 5.69 Å². The third kappa shape index (κ3) is 2.28. The van der Waals surface area contributed by atoms with Crippen molar-refractivity contribution in [1.29, 1.82) is 0 Å². The molecule has 0 amide bonds. The Labute approximate surface area is 96.8 Å². The molecule has 0 spiro atoms. The molecule has 2 rings (SSSR count). The summed E-state index contributed by atoms with van der Waals surface area (Å²) in [6, 6.07) is 0.563. The van der Waals surface area contributed by atoms with Crippen molar-refractivity contribution in [3.8, 4) is 0 Å².